The van der Waals surface area contributed by atoms with Crippen molar-refractivity contribution in [1.82, 2.24) is 24.3 Å². The second kappa shape index (κ2) is 8.29. The maximum atomic E-state index is 13.4. The fraction of sp³-hybridized carbons (Fsp3) is 0.680. The topological polar surface area (TPSA) is 37.2 Å². The lowest BCUT2D eigenvalue weighted by atomic mass is 10.1. The number of imidazole rings is 1. The molecule has 184 valence electrons. The molecule has 0 bridgehead atoms. The standard InChI is InChI=1S/C25H31F4N5/c1-15-21(25(27,28)29)10-17(13-30-15)22-14-34(24(31-22)16-2-3-16)23-19-11-18(12-20(19)23)33-8-6-32(5-4-26)7-9-33/h10,13-14,16,18-20,23H,2-9,11-12H2,1H3/t18?,19-,20+,23+. The van der Waals surface area contributed by atoms with Gasteiger partial charge in [0.15, 0.2) is 0 Å². The highest BCUT2D eigenvalue weighted by Crippen LogP contribution is 2.62. The number of pyridine rings is 1. The van der Waals surface area contributed by atoms with Gasteiger partial charge >= 0.3 is 6.18 Å². The highest BCUT2D eigenvalue weighted by Gasteiger charge is 2.59. The van der Waals surface area contributed by atoms with Crippen molar-refractivity contribution < 1.29 is 17.6 Å². The summed E-state index contributed by atoms with van der Waals surface area (Å²) < 4.78 is 55.2. The molecule has 4 aliphatic rings. The molecule has 1 unspecified atom stereocenters. The molecule has 3 aliphatic carbocycles. The Hall–Kier alpha value is -2.00. The van der Waals surface area contributed by atoms with Crippen molar-refractivity contribution in [2.24, 2.45) is 11.8 Å². The highest BCUT2D eigenvalue weighted by atomic mass is 19.4. The largest absolute Gasteiger partial charge is 0.418 e. The molecule has 1 saturated heterocycles. The Bertz CT molecular complexity index is 1040. The third-order valence-electron chi connectivity index (χ3n) is 8.41. The smallest absolute Gasteiger partial charge is 0.330 e. The number of nitrogens with zero attached hydrogens (tertiary/aromatic N) is 5. The minimum absolute atomic E-state index is 0.00797. The Morgan fingerprint density at radius 1 is 1.06 bits per heavy atom. The van der Waals surface area contributed by atoms with Gasteiger partial charge in [0.1, 0.15) is 12.5 Å². The van der Waals surface area contributed by atoms with Crippen LogP contribution in [0.3, 0.4) is 0 Å². The van der Waals surface area contributed by atoms with Gasteiger partial charge < -0.3 is 4.57 Å². The lowest BCUT2D eigenvalue weighted by Gasteiger charge is -2.38. The zero-order chi connectivity index (χ0) is 23.6. The molecule has 2 aromatic heterocycles. The van der Waals surface area contributed by atoms with E-state index in [-0.39, 0.29) is 12.4 Å². The van der Waals surface area contributed by atoms with Crippen LogP contribution in [0.2, 0.25) is 0 Å². The van der Waals surface area contributed by atoms with E-state index in [4.69, 9.17) is 4.98 Å². The highest BCUT2D eigenvalue weighted by molar-refractivity contribution is 5.59. The second-order valence-electron chi connectivity index (χ2n) is 10.5. The Kier molecular flexibility index (Phi) is 5.48. The van der Waals surface area contributed by atoms with Crippen LogP contribution in [0.1, 0.15) is 54.7 Å². The molecular weight excluding hydrogens is 446 g/mol. The van der Waals surface area contributed by atoms with Crippen molar-refractivity contribution in [3.8, 4) is 11.3 Å². The van der Waals surface area contributed by atoms with Crippen molar-refractivity contribution in [2.75, 3.05) is 39.4 Å². The van der Waals surface area contributed by atoms with Crippen molar-refractivity contribution in [3.63, 3.8) is 0 Å². The second-order valence-corrected chi connectivity index (χ2v) is 10.5. The van der Waals surface area contributed by atoms with Gasteiger partial charge in [-0.05, 0) is 50.5 Å². The van der Waals surface area contributed by atoms with Gasteiger partial charge in [0, 0.05) is 74.4 Å². The third kappa shape index (κ3) is 4.04. The van der Waals surface area contributed by atoms with E-state index in [2.05, 4.69) is 19.4 Å². The average Bonchev–Trinajstić information content (AvgIpc) is 3.68. The molecule has 34 heavy (non-hydrogen) atoms. The molecule has 4 fully saturated rings. The van der Waals surface area contributed by atoms with Crippen LogP contribution in [0, 0.1) is 18.8 Å². The molecule has 3 heterocycles. The molecule has 2 aromatic rings. The molecule has 6 rings (SSSR count). The predicted octanol–water partition coefficient (Wildman–Crippen LogP) is 4.69. The van der Waals surface area contributed by atoms with E-state index in [1.54, 1.807) is 0 Å². The van der Waals surface area contributed by atoms with Gasteiger partial charge in [-0.15, -0.1) is 0 Å². The molecule has 5 nitrogen and oxygen atoms in total. The van der Waals surface area contributed by atoms with Gasteiger partial charge in [0.2, 0.25) is 0 Å². The van der Waals surface area contributed by atoms with Gasteiger partial charge in [0.25, 0.3) is 0 Å². The summed E-state index contributed by atoms with van der Waals surface area (Å²) in [4.78, 5) is 13.6. The minimum atomic E-state index is -4.42. The zero-order valence-electron chi connectivity index (χ0n) is 19.4. The number of piperazine rings is 1. The first-order valence-corrected chi connectivity index (χ1v) is 12.5. The first kappa shape index (κ1) is 22.5. The Morgan fingerprint density at radius 2 is 1.76 bits per heavy atom. The Morgan fingerprint density at radius 3 is 2.38 bits per heavy atom. The first-order chi connectivity index (χ1) is 16.3. The summed E-state index contributed by atoms with van der Waals surface area (Å²) in [6, 6.07) is 2.21. The van der Waals surface area contributed by atoms with Crippen LogP contribution in [0.25, 0.3) is 11.3 Å². The van der Waals surface area contributed by atoms with Crippen LogP contribution in [0.5, 0.6) is 0 Å². The number of hydrogen-bond donors (Lipinski definition) is 0. The molecule has 9 heteroatoms. The summed E-state index contributed by atoms with van der Waals surface area (Å²) >= 11 is 0. The molecule has 0 spiro atoms. The number of hydrogen-bond acceptors (Lipinski definition) is 4. The monoisotopic (exact) mass is 477 g/mol. The molecule has 0 aromatic carbocycles. The summed E-state index contributed by atoms with van der Waals surface area (Å²) in [6.07, 6.45) is 3.61. The molecule has 0 amide bonds. The van der Waals surface area contributed by atoms with Crippen LogP contribution in [0.15, 0.2) is 18.5 Å². The zero-order valence-corrected chi connectivity index (χ0v) is 19.4. The molecular formula is C25H31F4N5. The van der Waals surface area contributed by atoms with E-state index in [0.29, 0.717) is 47.6 Å². The van der Waals surface area contributed by atoms with E-state index in [9.17, 15) is 17.6 Å². The predicted molar refractivity (Wildman–Crippen MR) is 120 cm³/mol. The van der Waals surface area contributed by atoms with Gasteiger partial charge in [0.05, 0.1) is 11.3 Å². The summed E-state index contributed by atoms with van der Waals surface area (Å²) in [5.74, 6) is 2.71. The SMILES string of the molecule is Cc1ncc(-c2cn([C@H]3[C@@H]4CC(N5CCN(CCF)CC5)C[C@@H]43)c(C3CC3)n2)cc1C(F)(F)F. The number of halogens is 4. The van der Waals surface area contributed by atoms with E-state index >= 15 is 0 Å². The number of alkyl halides is 4. The average molecular weight is 478 g/mol. The minimum Gasteiger partial charge on any atom is -0.330 e. The van der Waals surface area contributed by atoms with Crippen molar-refractivity contribution in [2.45, 2.75) is 56.8 Å². The molecule has 0 N–H and O–H groups in total. The summed E-state index contributed by atoms with van der Waals surface area (Å²) in [7, 11) is 0. The van der Waals surface area contributed by atoms with Crippen LogP contribution < -0.4 is 0 Å². The van der Waals surface area contributed by atoms with Crippen LogP contribution in [0.4, 0.5) is 17.6 Å². The summed E-state index contributed by atoms with van der Waals surface area (Å²) in [5.41, 5.74) is 0.343. The van der Waals surface area contributed by atoms with E-state index in [0.717, 1.165) is 44.8 Å². The molecule has 4 atom stereocenters. The van der Waals surface area contributed by atoms with Crippen LogP contribution >= 0.6 is 0 Å². The van der Waals surface area contributed by atoms with Crippen LogP contribution in [-0.4, -0.2) is 69.8 Å². The number of rotatable bonds is 6. The molecule has 3 saturated carbocycles. The lowest BCUT2D eigenvalue weighted by Crippen LogP contribution is -2.50. The maximum Gasteiger partial charge on any atom is 0.418 e. The van der Waals surface area contributed by atoms with Gasteiger partial charge in [-0.2, -0.15) is 13.2 Å². The normalized spacial score (nSPS) is 30.0. The fourth-order valence-electron chi connectivity index (χ4n) is 6.35. The van der Waals surface area contributed by atoms with Crippen molar-refractivity contribution in [1.29, 1.82) is 0 Å². The Balaban J connectivity index is 1.17. The Labute approximate surface area is 197 Å². The van der Waals surface area contributed by atoms with Crippen molar-refractivity contribution >= 4 is 0 Å². The quantitative estimate of drug-likeness (QED) is 0.566. The van der Waals surface area contributed by atoms with E-state index in [1.807, 2.05) is 6.20 Å². The maximum absolute atomic E-state index is 13.4. The van der Waals surface area contributed by atoms with Gasteiger partial charge in [-0.25, -0.2) is 9.37 Å². The summed E-state index contributed by atoms with van der Waals surface area (Å²) in [5, 5.41) is 0. The number of aromatic nitrogens is 3. The molecule has 0 radical (unpaired) electrons. The van der Waals surface area contributed by atoms with Crippen LogP contribution in [-0.2, 0) is 6.18 Å². The van der Waals surface area contributed by atoms with E-state index < -0.39 is 11.7 Å². The number of fused-ring (bicyclic) bond motifs is 1. The lowest BCUT2D eigenvalue weighted by molar-refractivity contribution is -0.138. The van der Waals surface area contributed by atoms with E-state index in [1.165, 1.54) is 32.0 Å². The molecule has 1 aliphatic heterocycles. The van der Waals surface area contributed by atoms with Gasteiger partial charge in [-0.1, -0.05) is 0 Å². The third-order valence-corrected chi connectivity index (χ3v) is 8.41. The van der Waals surface area contributed by atoms with Gasteiger partial charge in [-0.3, -0.25) is 14.8 Å². The first-order valence-electron chi connectivity index (χ1n) is 12.5. The number of aryl methyl sites for hydroxylation is 1. The van der Waals surface area contributed by atoms with Crippen molar-refractivity contribution in [3.05, 3.63) is 35.5 Å². The summed E-state index contributed by atoms with van der Waals surface area (Å²) in [6.45, 7) is 5.57. The fourth-order valence-corrected chi connectivity index (χ4v) is 6.35.